The molecule has 0 bridgehead atoms. The second-order valence-electron chi connectivity index (χ2n) is 11.3. The molecule has 0 aliphatic carbocycles. The molecule has 1 aromatic heterocycles. The largest absolute Gasteiger partial charge is 0.492 e. The topological polar surface area (TPSA) is 126 Å². The molecule has 238 valence electrons. The van der Waals surface area contributed by atoms with E-state index in [9.17, 15) is 26.4 Å². The maximum atomic E-state index is 14.2. The van der Waals surface area contributed by atoms with Crippen molar-refractivity contribution in [3.63, 3.8) is 0 Å². The van der Waals surface area contributed by atoms with E-state index in [0.29, 0.717) is 35.1 Å². The normalized spacial score (nSPS) is 14.2. The molecule has 44 heavy (non-hydrogen) atoms. The Kier molecular flexibility index (Phi) is 9.30. The predicted octanol–water partition coefficient (Wildman–Crippen LogP) is 4.89. The van der Waals surface area contributed by atoms with Gasteiger partial charge < -0.3 is 19.7 Å². The monoisotopic (exact) mass is 636 g/mol. The molecule has 2 heterocycles. The van der Waals surface area contributed by atoms with Gasteiger partial charge in [0.1, 0.15) is 5.75 Å². The number of carbonyl (C=O) groups is 1. The lowest BCUT2D eigenvalue weighted by molar-refractivity contribution is -0.169. The van der Waals surface area contributed by atoms with Crippen LogP contribution in [0.2, 0.25) is 0 Å². The molecular formula is C29H35F3N6O5S. The van der Waals surface area contributed by atoms with Gasteiger partial charge in [0.2, 0.25) is 21.9 Å². The third-order valence-electron chi connectivity index (χ3n) is 6.78. The van der Waals surface area contributed by atoms with E-state index in [1.807, 2.05) is 4.90 Å². The Morgan fingerprint density at radius 2 is 1.77 bits per heavy atom. The number of alkyl halides is 3. The highest BCUT2D eigenvalue weighted by molar-refractivity contribution is 7.92. The minimum atomic E-state index is -5.30. The molecule has 2 aromatic carbocycles. The van der Waals surface area contributed by atoms with E-state index in [4.69, 9.17) is 9.47 Å². The number of amides is 1. The summed E-state index contributed by atoms with van der Waals surface area (Å²) in [5.74, 6) is -1.74. The van der Waals surface area contributed by atoms with Crippen LogP contribution >= 0.6 is 0 Å². The molecule has 3 aromatic rings. The number of nitrogens with zero attached hydrogens (tertiary/aromatic N) is 4. The molecule has 11 nitrogen and oxygen atoms in total. The molecular weight excluding hydrogens is 601 g/mol. The van der Waals surface area contributed by atoms with Crippen LogP contribution in [0.3, 0.4) is 0 Å². The van der Waals surface area contributed by atoms with Crippen LogP contribution in [0.25, 0.3) is 0 Å². The molecule has 15 heteroatoms. The Labute approximate surface area is 254 Å². The lowest BCUT2D eigenvalue weighted by Crippen LogP contribution is -2.44. The van der Waals surface area contributed by atoms with Crippen LogP contribution in [0.1, 0.15) is 31.9 Å². The summed E-state index contributed by atoms with van der Waals surface area (Å²) >= 11 is 0. The van der Waals surface area contributed by atoms with Gasteiger partial charge in [0, 0.05) is 44.5 Å². The Hall–Kier alpha value is -4.11. The minimum Gasteiger partial charge on any atom is -0.492 e. The Morgan fingerprint density at radius 1 is 1.09 bits per heavy atom. The molecule has 0 unspecified atom stereocenters. The number of aryl methyl sites for hydroxylation is 1. The first-order chi connectivity index (χ1) is 20.5. The van der Waals surface area contributed by atoms with E-state index in [1.165, 1.54) is 49.7 Å². The van der Waals surface area contributed by atoms with Crippen molar-refractivity contribution in [1.29, 1.82) is 0 Å². The number of hydrogen-bond acceptors (Lipinski definition) is 9. The zero-order chi connectivity index (χ0) is 32.4. The third kappa shape index (κ3) is 7.69. The molecule has 1 aliphatic rings. The van der Waals surface area contributed by atoms with Crippen LogP contribution < -0.4 is 29.3 Å². The number of aromatic nitrogens is 2. The van der Waals surface area contributed by atoms with E-state index in [1.54, 1.807) is 27.7 Å². The van der Waals surface area contributed by atoms with E-state index in [-0.39, 0.29) is 34.4 Å². The number of ether oxygens (including phenoxy) is 2. The fraction of sp³-hybridized carbons (Fsp3) is 0.414. The molecule has 1 aliphatic heterocycles. The van der Waals surface area contributed by atoms with Crippen LogP contribution in [0.5, 0.6) is 17.4 Å². The summed E-state index contributed by atoms with van der Waals surface area (Å²) in [7, 11) is -2.71. The number of hydrogen-bond donors (Lipinski definition) is 2. The Morgan fingerprint density at radius 3 is 2.36 bits per heavy atom. The lowest BCUT2D eigenvalue weighted by Gasteiger charge is -2.30. The highest BCUT2D eigenvalue weighted by atomic mass is 32.2. The van der Waals surface area contributed by atoms with Crippen molar-refractivity contribution in [3.05, 3.63) is 53.7 Å². The summed E-state index contributed by atoms with van der Waals surface area (Å²) in [5, 5.41) is 3.25. The summed E-state index contributed by atoms with van der Waals surface area (Å²) in [5.41, 5.74) is -0.277. The van der Waals surface area contributed by atoms with Crippen molar-refractivity contribution >= 4 is 38.9 Å². The van der Waals surface area contributed by atoms with Crippen molar-refractivity contribution in [2.24, 2.45) is 0 Å². The molecule has 1 amide bonds. The van der Waals surface area contributed by atoms with Crippen molar-refractivity contribution in [2.75, 3.05) is 54.1 Å². The standard InChI is InChI=1S/C29H35F3N6O5S/c1-18-7-8-20(17-23(18)43-24-9-10-34-27(35-24)37-13-11-33-12-14-37)38(26(39)29(30,31)32)22-16-19(28(2,3)4)15-21(25(22)42-5)36-44(6,40)41/h7-10,15-17,33,36H,11-14H2,1-6H3. The molecule has 2 N–H and O–H groups in total. The summed E-state index contributed by atoms with van der Waals surface area (Å²) in [6.45, 7) is 10.0. The number of methoxy groups -OCH3 is 1. The quantitative estimate of drug-likeness (QED) is 0.356. The van der Waals surface area contributed by atoms with Gasteiger partial charge in [0.05, 0.1) is 30.4 Å². The Balaban J connectivity index is 1.87. The number of piperazine rings is 1. The highest BCUT2D eigenvalue weighted by Crippen LogP contribution is 2.45. The summed E-state index contributed by atoms with van der Waals surface area (Å²) in [4.78, 5) is 24.3. The summed E-state index contributed by atoms with van der Waals surface area (Å²) in [6, 6.07) is 8.50. The first-order valence-electron chi connectivity index (χ1n) is 13.7. The molecule has 4 rings (SSSR count). The van der Waals surface area contributed by atoms with Crippen molar-refractivity contribution in [3.8, 4) is 17.4 Å². The highest BCUT2D eigenvalue weighted by Gasteiger charge is 2.45. The molecule has 0 saturated carbocycles. The van der Waals surface area contributed by atoms with E-state index in [0.717, 1.165) is 19.3 Å². The van der Waals surface area contributed by atoms with Crippen LogP contribution in [-0.2, 0) is 20.2 Å². The van der Waals surface area contributed by atoms with Crippen LogP contribution in [-0.4, -0.2) is 70.0 Å². The van der Waals surface area contributed by atoms with Gasteiger partial charge in [-0.05, 0) is 41.7 Å². The average molecular weight is 637 g/mol. The maximum absolute atomic E-state index is 14.2. The van der Waals surface area contributed by atoms with Gasteiger partial charge in [0.15, 0.2) is 5.75 Å². The summed E-state index contributed by atoms with van der Waals surface area (Å²) < 4.78 is 80.6. The zero-order valence-electron chi connectivity index (χ0n) is 25.2. The van der Waals surface area contributed by atoms with Crippen LogP contribution in [0, 0.1) is 6.92 Å². The maximum Gasteiger partial charge on any atom is 0.472 e. The van der Waals surface area contributed by atoms with Crippen molar-refractivity contribution < 1.29 is 35.9 Å². The van der Waals surface area contributed by atoms with E-state index >= 15 is 0 Å². The number of halogens is 3. The van der Waals surface area contributed by atoms with Gasteiger partial charge in [-0.1, -0.05) is 26.8 Å². The number of nitrogens with one attached hydrogen (secondary N) is 2. The van der Waals surface area contributed by atoms with Gasteiger partial charge >= 0.3 is 12.1 Å². The molecule has 1 saturated heterocycles. The molecule has 1 fully saturated rings. The van der Waals surface area contributed by atoms with Crippen molar-refractivity contribution in [1.82, 2.24) is 15.3 Å². The zero-order valence-corrected chi connectivity index (χ0v) is 26.1. The number of anilines is 4. The molecule has 0 atom stereocenters. The smallest absolute Gasteiger partial charge is 0.472 e. The van der Waals surface area contributed by atoms with Gasteiger partial charge in [-0.15, -0.1) is 0 Å². The summed E-state index contributed by atoms with van der Waals surface area (Å²) in [6.07, 6.45) is -2.87. The first kappa shape index (κ1) is 32.8. The predicted molar refractivity (Wildman–Crippen MR) is 162 cm³/mol. The van der Waals surface area contributed by atoms with Gasteiger partial charge in [0.25, 0.3) is 0 Å². The first-order valence-corrected chi connectivity index (χ1v) is 15.6. The Bertz CT molecular complexity index is 1640. The van der Waals surface area contributed by atoms with E-state index < -0.39 is 27.5 Å². The number of rotatable bonds is 8. The lowest BCUT2D eigenvalue weighted by atomic mass is 9.86. The van der Waals surface area contributed by atoms with Gasteiger partial charge in [-0.3, -0.25) is 14.4 Å². The van der Waals surface area contributed by atoms with Crippen LogP contribution in [0.4, 0.5) is 36.2 Å². The SMILES string of the molecule is COc1c(NS(C)(=O)=O)cc(C(C)(C)C)cc1N(C(=O)C(F)(F)F)c1ccc(C)c(Oc2ccnc(N3CCNCC3)n2)c1. The van der Waals surface area contributed by atoms with Crippen LogP contribution in [0.15, 0.2) is 42.6 Å². The average Bonchev–Trinajstić information content (AvgIpc) is 2.93. The number of carbonyl (C=O) groups excluding carboxylic acids is 1. The van der Waals surface area contributed by atoms with Crippen molar-refractivity contribution in [2.45, 2.75) is 39.3 Å². The third-order valence-corrected chi connectivity index (χ3v) is 7.37. The fourth-order valence-electron chi connectivity index (χ4n) is 4.55. The fourth-order valence-corrected chi connectivity index (χ4v) is 5.10. The number of benzene rings is 2. The van der Waals surface area contributed by atoms with Gasteiger partial charge in [-0.25, -0.2) is 13.4 Å². The molecule has 0 radical (unpaired) electrons. The second kappa shape index (κ2) is 12.5. The van der Waals surface area contributed by atoms with Gasteiger partial charge in [-0.2, -0.15) is 18.2 Å². The van der Waals surface area contributed by atoms with E-state index in [2.05, 4.69) is 20.0 Å². The minimum absolute atomic E-state index is 0.123. The molecule has 0 spiro atoms. The number of sulfonamides is 1. The second-order valence-corrected chi connectivity index (χ2v) is 13.1.